The lowest BCUT2D eigenvalue weighted by molar-refractivity contribution is -0.143. The molecule has 2 aliphatic heterocycles. The highest BCUT2D eigenvalue weighted by atomic mass is 32.2. The molecule has 3 atom stereocenters. The molecule has 0 saturated carbocycles. The Labute approximate surface area is 233 Å². The number of alkyl halides is 6. The van der Waals surface area contributed by atoms with E-state index in [1.165, 1.54) is 19.1 Å². The third-order valence-electron chi connectivity index (χ3n) is 8.03. The van der Waals surface area contributed by atoms with Crippen LogP contribution in [0.4, 0.5) is 30.7 Å². The molecule has 2 aromatic rings. The molecule has 2 aliphatic rings. The van der Waals surface area contributed by atoms with Crippen LogP contribution in [0.3, 0.4) is 0 Å². The number of likely N-dealkylation sites (tertiary alicyclic amines) is 1. The second-order valence-corrected chi connectivity index (χ2v) is 12.0. The smallest absolute Gasteiger partial charge is 0.355 e. The van der Waals surface area contributed by atoms with Crippen LogP contribution in [0.2, 0.25) is 0 Å². The molecule has 40 heavy (non-hydrogen) atoms. The van der Waals surface area contributed by atoms with Gasteiger partial charge in [-0.1, -0.05) is 13.0 Å². The van der Waals surface area contributed by atoms with E-state index in [0.29, 0.717) is 37.6 Å². The number of nitrogens with one attached hydrogen (secondary N) is 1. The fourth-order valence-electron chi connectivity index (χ4n) is 5.77. The van der Waals surface area contributed by atoms with E-state index in [-0.39, 0.29) is 41.9 Å². The Hall–Kier alpha value is -2.27. The van der Waals surface area contributed by atoms with Crippen LogP contribution in [-0.2, 0) is 17.1 Å². The molecule has 4 rings (SSSR count). The van der Waals surface area contributed by atoms with Gasteiger partial charge in [0, 0.05) is 24.5 Å². The van der Waals surface area contributed by atoms with Gasteiger partial charge in [-0.15, -0.1) is 0 Å². The quantitative estimate of drug-likeness (QED) is 0.350. The molecule has 1 unspecified atom stereocenters. The summed E-state index contributed by atoms with van der Waals surface area (Å²) in [6.07, 6.45) is -6.71. The minimum Gasteiger partial charge on any atom is -0.355 e. The summed E-state index contributed by atoms with van der Waals surface area (Å²) in [5.74, 6) is 0.348. The zero-order valence-electron chi connectivity index (χ0n) is 22.3. The molecule has 3 nitrogen and oxygen atoms in total. The van der Waals surface area contributed by atoms with Crippen molar-refractivity contribution < 1.29 is 35.5 Å². The van der Waals surface area contributed by atoms with E-state index in [0.717, 1.165) is 35.5 Å². The number of amides is 1. The van der Waals surface area contributed by atoms with Gasteiger partial charge in [0.2, 0.25) is 5.91 Å². The fraction of sp³-hybridized carbons (Fsp3) is 0.552. The summed E-state index contributed by atoms with van der Waals surface area (Å²) in [6.45, 7) is 3.91. The number of piperidine rings is 1. The Balaban J connectivity index is 1.48. The van der Waals surface area contributed by atoms with Gasteiger partial charge in [-0.25, -0.2) is 4.39 Å². The third kappa shape index (κ3) is 7.32. The van der Waals surface area contributed by atoms with Crippen molar-refractivity contribution in [2.24, 2.45) is 5.92 Å². The van der Waals surface area contributed by atoms with Gasteiger partial charge in [-0.05, 0) is 104 Å². The van der Waals surface area contributed by atoms with Crippen LogP contribution in [0, 0.1) is 18.7 Å². The van der Waals surface area contributed by atoms with Crippen LogP contribution >= 0.6 is 11.8 Å². The molecule has 0 aromatic heterocycles. The molecule has 0 aliphatic carbocycles. The van der Waals surface area contributed by atoms with Gasteiger partial charge in [0.15, 0.2) is 0 Å². The monoisotopic (exact) mass is 590 g/mol. The molecule has 2 saturated heterocycles. The first-order chi connectivity index (χ1) is 18.7. The third-order valence-corrected chi connectivity index (χ3v) is 9.08. The van der Waals surface area contributed by atoms with Gasteiger partial charge in [0.25, 0.3) is 0 Å². The number of aryl methyl sites for hydroxylation is 1. The number of carbonyl (C=O) groups excluding carboxylic acids is 1. The molecule has 1 N–H and O–H groups in total. The maximum absolute atomic E-state index is 13.9. The summed E-state index contributed by atoms with van der Waals surface area (Å²) in [6, 6.07) is 6.48. The highest BCUT2D eigenvalue weighted by molar-refractivity contribution is 7.99. The molecule has 0 spiro atoms. The molecule has 1 amide bonds. The summed E-state index contributed by atoms with van der Waals surface area (Å²) in [4.78, 5) is 15.7. The highest BCUT2D eigenvalue weighted by Gasteiger charge is 2.39. The highest BCUT2D eigenvalue weighted by Crippen LogP contribution is 2.41. The SMILES string of the molecule is Cc1cc(F)ccc1C1C[C@@H](C(=O)NC[C@@H](C)c2cc(C(F)(F)F)cc(C(F)(F)F)c2)CCN1C1CCSCC1. The number of nitrogens with zero attached hydrogens (tertiary/aromatic N) is 1. The van der Waals surface area contributed by atoms with Crippen LogP contribution in [0.25, 0.3) is 0 Å². The molecule has 2 aromatic carbocycles. The first kappa shape index (κ1) is 30.7. The van der Waals surface area contributed by atoms with Crippen molar-refractivity contribution in [1.29, 1.82) is 0 Å². The van der Waals surface area contributed by atoms with Gasteiger partial charge in [-0.3, -0.25) is 9.69 Å². The van der Waals surface area contributed by atoms with Crippen LogP contribution in [0.5, 0.6) is 0 Å². The molecule has 0 radical (unpaired) electrons. The van der Waals surface area contributed by atoms with Crippen LogP contribution in [0.1, 0.15) is 72.4 Å². The van der Waals surface area contributed by atoms with E-state index < -0.39 is 29.4 Å². The summed E-state index contributed by atoms with van der Waals surface area (Å²) < 4.78 is 93.6. The van der Waals surface area contributed by atoms with E-state index in [1.807, 2.05) is 18.7 Å². The zero-order chi connectivity index (χ0) is 29.2. The summed E-state index contributed by atoms with van der Waals surface area (Å²) in [7, 11) is 0. The molecule has 0 bridgehead atoms. The van der Waals surface area contributed by atoms with Gasteiger partial charge < -0.3 is 5.32 Å². The maximum Gasteiger partial charge on any atom is 0.416 e. The Morgan fingerprint density at radius 1 is 1.00 bits per heavy atom. The largest absolute Gasteiger partial charge is 0.416 e. The average Bonchev–Trinajstić information content (AvgIpc) is 2.90. The molecule has 11 heteroatoms. The Bertz CT molecular complexity index is 1160. The van der Waals surface area contributed by atoms with Gasteiger partial charge in [-0.2, -0.15) is 38.1 Å². The fourth-order valence-corrected chi connectivity index (χ4v) is 6.86. The minimum absolute atomic E-state index is 0.0894. The normalized spacial score (nSPS) is 22.2. The Kier molecular flexibility index (Phi) is 9.44. The van der Waals surface area contributed by atoms with E-state index in [1.54, 1.807) is 6.07 Å². The molecular formula is C29H33F7N2OS. The van der Waals surface area contributed by atoms with Gasteiger partial charge in [0.1, 0.15) is 5.82 Å². The van der Waals surface area contributed by atoms with Crippen molar-refractivity contribution in [3.05, 3.63) is 70.0 Å². The van der Waals surface area contributed by atoms with Crippen LogP contribution in [0.15, 0.2) is 36.4 Å². The Morgan fingerprint density at radius 2 is 1.62 bits per heavy atom. The van der Waals surface area contributed by atoms with Crippen LogP contribution < -0.4 is 5.32 Å². The lowest BCUT2D eigenvalue weighted by atomic mass is 9.83. The second kappa shape index (κ2) is 12.3. The standard InChI is InChI=1S/C29H33F7N2OS/c1-17-11-23(30)3-4-25(17)26-14-19(5-8-38(26)24-6-9-40-10-7-24)27(39)37-16-18(2)20-12-21(28(31,32)33)15-22(13-20)29(34,35)36/h3-4,11-13,15,18-19,24,26H,5-10,14,16H2,1-2H3,(H,37,39)/t18-,19+,26?/m1/s1. The van der Waals surface area contributed by atoms with Gasteiger partial charge >= 0.3 is 12.4 Å². The van der Waals surface area contributed by atoms with E-state index >= 15 is 0 Å². The zero-order valence-corrected chi connectivity index (χ0v) is 23.2. The topological polar surface area (TPSA) is 32.3 Å². The first-order valence-corrected chi connectivity index (χ1v) is 14.6. The van der Waals surface area contributed by atoms with Gasteiger partial charge in [0.05, 0.1) is 11.1 Å². The lowest BCUT2D eigenvalue weighted by Gasteiger charge is -2.45. The molecule has 220 valence electrons. The lowest BCUT2D eigenvalue weighted by Crippen LogP contribution is -2.48. The number of carbonyl (C=O) groups is 1. The van der Waals surface area contributed by atoms with Crippen molar-refractivity contribution >= 4 is 17.7 Å². The van der Waals surface area contributed by atoms with Crippen molar-refractivity contribution in [1.82, 2.24) is 10.2 Å². The van der Waals surface area contributed by atoms with E-state index in [4.69, 9.17) is 0 Å². The van der Waals surface area contributed by atoms with E-state index in [9.17, 15) is 35.5 Å². The van der Waals surface area contributed by atoms with Crippen molar-refractivity contribution in [3.63, 3.8) is 0 Å². The molecule has 2 fully saturated rings. The van der Waals surface area contributed by atoms with Crippen molar-refractivity contribution in [2.45, 2.75) is 69.9 Å². The average molecular weight is 591 g/mol. The molecule has 2 heterocycles. The van der Waals surface area contributed by atoms with E-state index in [2.05, 4.69) is 10.2 Å². The number of halogens is 7. The van der Waals surface area contributed by atoms with Crippen molar-refractivity contribution in [2.75, 3.05) is 24.6 Å². The summed E-state index contributed by atoms with van der Waals surface area (Å²) in [5.41, 5.74) is -1.12. The predicted molar refractivity (Wildman–Crippen MR) is 142 cm³/mol. The number of benzene rings is 2. The number of hydrogen-bond acceptors (Lipinski definition) is 3. The molecular weight excluding hydrogens is 557 g/mol. The summed E-state index contributed by atoms with van der Waals surface area (Å²) in [5, 5.41) is 2.77. The van der Waals surface area contributed by atoms with Crippen LogP contribution in [-0.4, -0.2) is 41.4 Å². The second-order valence-electron chi connectivity index (χ2n) is 10.8. The minimum atomic E-state index is -4.93. The first-order valence-electron chi connectivity index (χ1n) is 13.4. The Morgan fingerprint density at radius 3 is 2.20 bits per heavy atom. The predicted octanol–water partition coefficient (Wildman–Crippen LogP) is 7.74. The number of thioether (sulfide) groups is 1. The number of hydrogen-bond donors (Lipinski definition) is 1. The van der Waals surface area contributed by atoms with Crippen molar-refractivity contribution in [3.8, 4) is 0 Å². The summed E-state index contributed by atoms with van der Waals surface area (Å²) >= 11 is 1.92. The number of rotatable bonds is 6. The maximum atomic E-state index is 13.9.